The fourth-order valence-corrected chi connectivity index (χ4v) is 1.81. The number of nitrogens with one attached hydrogen (secondary N) is 2. The normalized spacial score (nSPS) is 10.9. The molecule has 128 valence electrons. The summed E-state index contributed by atoms with van der Waals surface area (Å²) in [6.07, 6.45) is 0. The van der Waals surface area contributed by atoms with Crippen molar-refractivity contribution in [2.45, 2.75) is 13.5 Å². The summed E-state index contributed by atoms with van der Waals surface area (Å²) in [5.74, 6) is 1.93. The number of methoxy groups -OCH3 is 2. The van der Waals surface area contributed by atoms with E-state index in [9.17, 15) is 4.79 Å². The van der Waals surface area contributed by atoms with Gasteiger partial charge in [0, 0.05) is 20.6 Å². The molecule has 0 fully saturated rings. The van der Waals surface area contributed by atoms with E-state index in [0.717, 1.165) is 5.56 Å². The number of ether oxygens (including phenoxy) is 2. The lowest BCUT2D eigenvalue weighted by Crippen LogP contribution is -2.42. The fraction of sp³-hybridized carbons (Fsp3) is 0.500. The van der Waals surface area contributed by atoms with Gasteiger partial charge in [0.1, 0.15) is 0 Å². The zero-order valence-electron chi connectivity index (χ0n) is 14.5. The average Bonchev–Trinajstić information content (AvgIpc) is 2.56. The summed E-state index contributed by atoms with van der Waals surface area (Å²) in [7, 11) is 6.64. The Bertz CT molecular complexity index is 544. The van der Waals surface area contributed by atoms with Crippen molar-refractivity contribution in [3.05, 3.63) is 23.8 Å². The van der Waals surface area contributed by atoms with Crippen LogP contribution in [-0.2, 0) is 11.3 Å². The van der Waals surface area contributed by atoms with Crippen molar-refractivity contribution in [2.75, 3.05) is 41.4 Å². The molecule has 0 aromatic heterocycles. The quantitative estimate of drug-likeness (QED) is 0.575. The van der Waals surface area contributed by atoms with Gasteiger partial charge in [-0.15, -0.1) is 0 Å². The van der Waals surface area contributed by atoms with Crippen LogP contribution in [0, 0.1) is 0 Å². The van der Waals surface area contributed by atoms with Crippen LogP contribution in [0.25, 0.3) is 0 Å². The number of likely N-dealkylation sites (N-methyl/N-ethyl adjacent to an activating group) is 1. The summed E-state index contributed by atoms with van der Waals surface area (Å²) < 4.78 is 10.5. The Morgan fingerprint density at radius 2 is 1.87 bits per heavy atom. The Morgan fingerprint density at radius 1 is 1.17 bits per heavy atom. The van der Waals surface area contributed by atoms with Crippen molar-refractivity contribution >= 4 is 11.9 Å². The summed E-state index contributed by atoms with van der Waals surface area (Å²) in [4.78, 5) is 17.6. The Morgan fingerprint density at radius 3 is 2.43 bits per heavy atom. The van der Waals surface area contributed by atoms with Crippen LogP contribution >= 0.6 is 0 Å². The van der Waals surface area contributed by atoms with Crippen molar-refractivity contribution in [3.8, 4) is 11.5 Å². The van der Waals surface area contributed by atoms with Gasteiger partial charge in [-0.05, 0) is 24.6 Å². The molecule has 23 heavy (non-hydrogen) atoms. The number of nitrogens with zero attached hydrogens (tertiary/aromatic N) is 2. The third-order valence-electron chi connectivity index (χ3n) is 3.12. The molecule has 0 unspecified atom stereocenters. The maximum atomic E-state index is 11.6. The highest BCUT2D eigenvalue weighted by Gasteiger charge is 2.07. The predicted molar refractivity (Wildman–Crippen MR) is 91.1 cm³/mol. The van der Waals surface area contributed by atoms with E-state index in [2.05, 4.69) is 15.6 Å². The van der Waals surface area contributed by atoms with Crippen molar-refractivity contribution in [1.82, 2.24) is 15.5 Å². The van der Waals surface area contributed by atoms with Crippen LogP contribution in [0.4, 0.5) is 0 Å². The maximum Gasteiger partial charge on any atom is 0.241 e. The van der Waals surface area contributed by atoms with Gasteiger partial charge in [0.25, 0.3) is 0 Å². The van der Waals surface area contributed by atoms with Gasteiger partial charge in [-0.25, -0.2) is 4.99 Å². The first-order valence-corrected chi connectivity index (χ1v) is 7.45. The van der Waals surface area contributed by atoms with Crippen LogP contribution in [0.1, 0.15) is 12.5 Å². The molecule has 1 aromatic rings. The highest BCUT2D eigenvalue weighted by molar-refractivity contribution is 5.86. The standard InChI is InChI=1S/C16H26N4O3/c1-6-17-16(19-11-15(21)20(2)3)18-10-12-7-8-13(22-4)14(9-12)23-5/h7-9H,6,10-11H2,1-5H3,(H2,17,18,19). The van der Waals surface area contributed by atoms with Gasteiger partial charge in [-0.1, -0.05) is 6.07 Å². The molecule has 1 rings (SSSR count). The number of aliphatic imine (C=N–C) groups is 1. The smallest absolute Gasteiger partial charge is 0.241 e. The zero-order chi connectivity index (χ0) is 17.2. The van der Waals surface area contributed by atoms with E-state index >= 15 is 0 Å². The van der Waals surface area contributed by atoms with E-state index < -0.39 is 0 Å². The molecule has 0 saturated carbocycles. The van der Waals surface area contributed by atoms with Gasteiger partial charge in [-0.2, -0.15) is 0 Å². The maximum absolute atomic E-state index is 11.6. The topological polar surface area (TPSA) is 75.2 Å². The molecular formula is C16H26N4O3. The molecule has 7 heteroatoms. The molecule has 0 aliphatic heterocycles. The number of hydrogen-bond donors (Lipinski definition) is 2. The lowest BCUT2D eigenvalue weighted by Gasteiger charge is -2.14. The Hall–Kier alpha value is -2.44. The number of guanidine groups is 1. The summed E-state index contributed by atoms with van der Waals surface area (Å²) in [6, 6.07) is 5.66. The molecule has 0 bridgehead atoms. The largest absolute Gasteiger partial charge is 0.493 e. The lowest BCUT2D eigenvalue weighted by molar-refractivity contribution is -0.127. The molecular weight excluding hydrogens is 296 g/mol. The molecule has 0 heterocycles. The highest BCUT2D eigenvalue weighted by Crippen LogP contribution is 2.27. The molecule has 0 aliphatic rings. The number of carbonyl (C=O) groups is 1. The molecule has 0 radical (unpaired) electrons. The first kappa shape index (κ1) is 18.6. The SMILES string of the molecule is CCNC(=NCc1ccc(OC)c(OC)c1)NCC(=O)N(C)C. The van der Waals surface area contributed by atoms with Gasteiger partial charge >= 0.3 is 0 Å². The Balaban J connectivity index is 2.74. The second-order valence-electron chi connectivity index (χ2n) is 5.03. The van der Waals surface area contributed by atoms with E-state index in [0.29, 0.717) is 30.5 Å². The van der Waals surface area contributed by atoms with Gasteiger partial charge in [-0.3, -0.25) is 4.79 Å². The Kier molecular flexibility index (Phi) is 7.73. The number of rotatable bonds is 7. The summed E-state index contributed by atoms with van der Waals surface area (Å²) in [6.45, 7) is 3.35. The first-order valence-electron chi connectivity index (χ1n) is 7.45. The minimum Gasteiger partial charge on any atom is -0.493 e. The van der Waals surface area contributed by atoms with Gasteiger partial charge in [0.05, 0.1) is 27.3 Å². The third-order valence-corrected chi connectivity index (χ3v) is 3.12. The van der Waals surface area contributed by atoms with E-state index in [-0.39, 0.29) is 12.5 Å². The van der Waals surface area contributed by atoms with E-state index in [1.807, 2.05) is 25.1 Å². The van der Waals surface area contributed by atoms with Gasteiger partial charge in [0.2, 0.25) is 5.91 Å². The number of amides is 1. The van der Waals surface area contributed by atoms with Gasteiger partial charge in [0.15, 0.2) is 17.5 Å². The minimum atomic E-state index is -0.0123. The van der Waals surface area contributed by atoms with Crippen LogP contribution in [-0.4, -0.2) is 58.2 Å². The molecule has 0 saturated heterocycles. The van der Waals surface area contributed by atoms with Crippen molar-refractivity contribution in [1.29, 1.82) is 0 Å². The molecule has 0 spiro atoms. The van der Waals surface area contributed by atoms with Crippen LogP contribution < -0.4 is 20.1 Å². The minimum absolute atomic E-state index is 0.0123. The van der Waals surface area contributed by atoms with E-state index in [4.69, 9.17) is 9.47 Å². The predicted octanol–water partition coefficient (Wildman–Crippen LogP) is 0.847. The first-order chi connectivity index (χ1) is 11.0. The molecule has 1 amide bonds. The number of hydrogen-bond acceptors (Lipinski definition) is 4. The molecule has 0 aliphatic carbocycles. The van der Waals surface area contributed by atoms with Crippen molar-refractivity contribution in [2.24, 2.45) is 4.99 Å². The van der Waals surface area contributed by atoms with Crippen LogP contribution in [0.3, 0.4) is 0 Å². The van der Waals surface area contributed by atoms with Crippen molar-refractivity contribution < 1.29 is 14.3 Å². The van der Waals surface area contributed by atoms with Gasteiger partial charge < -0.3 is 25.0 Å². The van der Waals surface area contributed by atoms with Crippen LogP contribution in [0.5, 0.6) is 11.5 Å². The zero-order valence-corrected chi connectivity index (χ0v) is 14.5. The molecule has 7 nitrogen and oxygen atoms in total. The van der Waals surface area contributed by atoms with Crippen molar-refractivity contribution in [3.63, 3.8) is 0 Å². The highest BCUT2D eigenvalue weighted by atomic mass is 16.5. The average molecular weight is 322 g/mol. The summed E-state index contributed by atoms with van der Waals surface area (Å²) in [5, 5.41) is 6.13. The fourth-order valence-electron chi connectivity index (χ4n) is 1.81. The lowest BCUT2D eigenvalue weighted by atomic mass is 10.2. The van der Waals surface area contributed by atoms with E-state index in [1.54, 1.807) is 28.3 Å². The molecule has 2 N–H and O–H groups in total. The monoisotopic (exact) mass is 322 g/mol. The second-order valence-corrected chi connectivity index (χ2v) is 5.03. The van der Waals surface area contributed by atoms with E-state index in [1.165, 1.54) is 4.90 Å². The number of carbonyl (C=O) groups excluding carboxylic acids is 1. The molecule has 0 atom stereocenters. The third kappa shape index (κ3) is 6.06. The van der Waals surface area contributed by atoms with Crippen LogP contribution in [0.15, 0.2) is 23.2 Å². The Labute approximate surface area is 137 Å². The summed E-state index contributed by atoms with van der Waals surface area (Å²) in [5.41, 5.74) is 0.985. The molecule has 1 aromatic carbocycles. The number of benzene rings is 1. The summed E-state index contributed by atoms with van der Waals surface area (Å²) >= 11 is 0. The van der Waals surface area contributed by atoms with Crippen LogP contribution in [0.2, 0.25) is 0 Å². The second kappa shape index (κ2) is 9.55.